The zero-order valence-corrected chi connectivity index (χ0v) is 69.0. The first-order chi connectivity index (χ1) is 58.2. The van der Waals surface area contributed by atoms with Crippen molar-refractivity contribution in [2.24, 2.45) is 42.3 Å². The van der Waals surface area contributed by atoms with Crippen molar-refractivity contribution in [3.05, 3.63) is 317 Å². The van der Waals surface area contributed by atoms with E-state index in [-0.39, 0.29) is 18.4 Å². The fourth-order valence-electron chi connectivity index (χ4n) is 17.9. The SMILES string of the molecule is Cc1ccc(-c2c3c(cc[n+]2C)CCC3)c(C)c1.Cc1ccc(-c2c3c(cc[n+]2C)CCCC3)c(C)c1.Cc1ccc(-c2cc3c(c[n+]2C)CCC3)c(C)c1.Cc1ccccc1-c1cc2c(c[n+]1C)CCCC2.[2H]C([2H])([2H])c1ccc(-c2c3c(cc[n+]2C)C([2H])([2H])CCC3([2H])[2H])c(C)c1.[2H]C([2H])([2H])c1ccc(-c2cc3c(c[n+]2C)CCCC3([2H])[2H])c(C)c1. The Hall–Kier alpha value is -9.78. The molecular weight excluding hydrogens is 1350 g/mol. The van der Waals surface area contributed by atoms with Gasteiger partial charge < -0.3 is 0 Å². The fourth-order valence-corrected chi connectivity index (χ4v) is 17.9. The van der Waals surface area contributed by atoms with Crippen LogP contribution in [-0.2, 0) is 119 Å². The molecule has 0 unspecified atom stereocenters. The van der Waals surface area contributed by atoms with Gasteiger partial charge in [0, 0.05) is 120 Å². The second-order valence-electron chi connectivity index (χ2n) is 32.3. The van der Waals surface area contributed by atoms with E-state index < -0.39 is 32.8 Å². The molecule has 0 aliphatic heterocycles. The highest BCUT2D eigenvalue weighted by molar-refractivity contribution is 5.70. The maximum Gasteiger partial charge on any atom is 0.216 e. The number of aryl methyl sites for hydroxylation is 26. The van der Waals surface area contributed by atoms with Crippen LogP contribution in [0.2, 0.25) is 0 Å². The lowest BCUT2D eigenvalue weighted by atomic mass is 9.87. The third-order valence-corrected chi connectivity index (χ3v) is 23.7. The first-order valence-electron chi connectivity index (χ1n) is 46.8. The summed E-state index contributed by atoms with van der Waals surface area (Å²) >= 11 is 0. The average molecular weight is 1480 g/mol. The third kappa shape index (κ3) is 18.4. The van der Waals surface area contributed by atoms with Gasteiger partial charge in [-0.3, -0.25) is 0 Å². The fraction of sp³-hybridized carbons (Fsp3) is 0.371. The third-order valence-electron chi connectivity index (χ3n) is 23.7. The van der Waals surface area contributed by atoms with Crippen LogP contribution in [-0.4, -0.2) is 0 Å². The summed E-state index contributed by atoms with van der Waals surface area (Å²) < 4.78 is 108. The maximum absolute atomic E-state index is 8.48. The summed E-state index contributed by atoms with van der Waals surface area (Å²) in [6.45, 7) is 14.7. The minimum atomic E-state index is -2.20. The van der Waals surface area contributed by atoms with Crippen LogP contribution in [0.3, 0.4) is 0 Å². The molecule has 0 saturated carbocycles. The van der Waals surface area contributed by atoms with Crippen LogP contribution >= 0.6 is 0 Å². The molecule has 6 aliphatic rings. The number of fused-ring (bicyclic) bond motifs is 6. The van der Waals surface area contributed by atoms with E-state index in [9.17, 15) is 0 Å². The molecule has 111 heavy (non-hydrogen) atoms. The van der Waals surface area contributed by atoms with E-state index in [4.69, 9.17) is 16.4 Å². The quantitative estimate of drug-likeness (QED) is 0.148. The number of hydrogen-bond acceptors (Lipinski definition) is 0. The normalized spacial score (nSPS) is 17.3. The lowest BCUT2D eigenvalue weighted by Gasteiger charge is -2.18. The largest absolute Gasteiger partial charge is 0.216 e. The van der Waals surface area contributed by atoms with E-state index in [1.807, 2.05) is 36.9 Å². The van der Waals surface area contributed by atoms with Gasteiger partial charge in [-0.25, -0.2) is 27.4 Å². The average Bonchev–Trinajstić information content (AvgIpc) is 1.75. The first kappa shape index (κ1) is 64.8. The van der Waals surface area contributed by atoms with Crippen LogP contribution in [0.1, 0.15) is 209 Å². The Labute approximate surface area is 684 Å². The molecule has 0 bridgehead atoms. The Kier molecular flexibility index (Phi) is 20.9. The molecule has 6 nitrogen and oxygen atoms in total. The van der Waals surface area contributed by atoms with Gasteiger partial charge in [-0.15, -0.1) is 0 Å². The van der Waals surface area contributed by atoms with Crippen molar-refractivity contribution in [1.29, 1.82) is 0 Å². The van der Waals surface area contributed by atoms with Gasteiger partial charge in [-0.05, 0) is 320 Å². The van der Waals surface area contributed by atoms with Gasteiger partial charge in [0.05, 0.1) is 0 Å². The topological polar surface area (TPSA) is 23.3 Å². The Morgan fingerprint density at radius 1 is 0.243 bits per heavy atom. The van der Waals surface area contributed by atoms with Crippen LogP contribution in [0.5, 0.6) is 0 Å². The van der Waals surface area contributed by atoms with Crippen molar-refractivity contribution in [2.45, 2.75) is 217 Å². The van der Waals surface area contributed by atoms with Crippen molar-refractivity contribution < 1.29 is 43.9 Å². The van der Waals surface area contributed by atoms with Gasteiger partial charge in [0.1, 0.15) is 42.3 Å². The molecule has 6 aromatic carbocycles. The number of pyridine rings is 6. The summed E-state index contributed by atoms with van der Waals surface area (Å²) in [7, 11) is 12.4. The van der Waals surface area contributed by atoms with Gasteiger partial charge in [0.2, 0.25) is 34.2 Å². The zero-order chi connectivity index (χ0) is 88.5. The van der Waals surface area contributed by atoms with Crippen molar-refractivity contribution in [3.63, 3.8) is 0 Å². The van der Waals surface area contributed by atoms with Crippen LogP contribution in [0.15, 0.2) is 189 Å². The Bertz CT molecular complexity index is 5970. The number of benzene rings is 6. The van der Waals surface area contributed by atoms with E-state index >= 15 is 0 Å². The first-order valence-corrected chi connectivity index (χ1v) is 40.8. The van der Waals surface area contributed by atoms with Gasteiger partial charge in [0.25, 0.3) is 0 Å². The predicted molar refractivity (Wildman–Crippen MR) is 461 cm³/mol. The molecule has 0 radical (unpaired) electrons. The second kappa shape index (κ2) is 35.7. The van der Waals surface area contributed by atoms with Crippen LogP contribution in [0.4, 0.5) is 0 Å². The molecule has 0 N–H and O–H groups in total. The Morgan fingerprint density at radius 2 is 0.559 bits per heavy atom. The molecule has 570 valence electrons. The van der Waals surface area contributed by atoms with Crippen molar-refractivity contribution in [2.75, 3.05) is 0 Å². The second-order valence-corrected chi connectivity index (χ2v) is 32.3. The summed E-state index contributed by atoms with van der Waals surface area (Å²) in [5.41, 5.74) is 40.9. The van der Waals surface area contributed by atoms with Crippen LogP contribution in [0, 0.1) is 76.0 Å². The van der Waals surface area contributed by atoms with Gasteiger partial charge in [-0.2, -0.15) is 0 Å². The molecule has 0 amide bonds. The molecule has 0 saturated heterocycles. The van der Waals surface area contributed by atoms with E-state index in [1.165, 1.54) is 179 Å². The van der Waals surface area contributed by atoms with E-state index in [0.29, 0.717) is 28.8 Å². The van der Waals surface area contributed by atoms with Crippen LogP contribution < -0.4 is 27.4 Å². The molecular formula is C105H126N6+6. The summed E-state index contributed by atoms with van der Waals surface area (Å²) in [5.74, 6) is 0. The standard InChI is InChI=1S/3C18H22N.3C17H20N/c1-13-8-9-17(14(2)10-13)18-11-15-6-4-5-7-16(15)12-19(18)3;2*1-13-8-9-16(14(2)12-13)18-17-7-5-4-6-15(17)10-11-19(18)3;1-12-7-8-16(13(2)9-12)17-10-14-5-4-6-15(14)11-18(17)3;1-12-7-8-15(13(2)11-12)17-16-6-4-5-14(16)9-10-18(17)3;1-13-7-3-6-10-16(13)17-11-14-8-4-5-9-15(14)12-18(17)2/h3*8-12H,4-7H2,1-3H3;2*7-11H,4-6H2,1-3H3;3,6-7,10-12H,4-5,8-9H2,1-2H3/q6*+1/i1D3,6D2;1D3,6D2,7D2;;;;. The van der Waals surface area contributed by atoms with E-state index in [2.05, 4.69) is 223 Å². The Morgan fingerprint density at radius 3 is 1.04 bits per heavy atom. The zero-order valence-electron chi connectivity index (χ0n) is 81.0. The highest BCUT2D eigenvalue weighted by Crippen LogP contribution is 2.36. The van der Waals surface area contributed by atoms with Crippen molar-refractivity contribution >= 4 is 0 Å². The molecule has 6 heterocycles. The van der Waals surface area contributed by atoms with Crippen molar-refractivity contribution in [3.8, 4) is 67.5 Å². The lowest BCUT2D eigenvalue weighted by molar-refractivity contribution is -0.661. The molecule has 6 aromatic heterocycles. The number of aromatic nitrogens is 6. The summed E-state index contributed by atoms with van der Waals surface area (Å²) in [4.78, 5) is 0. The number of rotatable bonds is 6. The van der Waals surface area contributed by atoms with E-state index in [1.54, 1.807) is 100 Å². The monoisotopic (exact) mass is 1480 g/mol. The summed E-state index contributed by atoms with van der Waals surface area (Å²) in [5, 5.41) is 0. The molecule has 0 spiro atoms. The Balaban J connectivity index is 0.000000128. The molecule has 0 fully saturated rings. The minimum Gasteiger partial charge on any atom is -0.201 e. The number of nitrogens with zero attached hydrogens (tertiary/aromatic N) is 6. The minimum absolute atomic E-state index is 0.108. The smallest absolute Gasteiger partial charge is 0.201 e. The van der Waals surface area contributed by atoms with E-state index in [0.717, 1.165) is 51.9 Å². The molecule has 6 heteroatoms. The van der Waals surface area contributed by atoms with Gasteiger partial charge >= 0.3 is 0 Å². The molecule has 18 rings (SSSR count). The van der Waals surface area contributed by atoms with Crippen LogP contribution in [0.25, 0.3) is 67.5 Å². The summed E-state index contributed by atoms with van der Waals surface area (Å²) in [6.07, 6.45) is 28.7. The lowest BCUT2D eigenvalue weighted by Crippen LogP contribution is -2.33. The molecule has 0 atom stereocenters. The van der Waals surface area contributed by atoms with Gasteiger partial charge in [-0.1, -0.05) is 107 Å². The predicted octanol–water partition coefficient (Wildman–Crippen LogP) is 21.0. The molecule has 6 aliphatic carbocycles. The van der Waals surface area contributed by atoms with Crippen molar-refractivity contribution in [1.82, 2.24) is 0 Å². The van der Waals surface area contributed by atoms with Gasteiger partial charge in [0.15, 0.2) is 37.2 Å². The highest BCUT2D eigenvalue weighted by atomic mass is 14.9. The molecule has 12 aromatic rings. The maximum atomic E-state index is 8.48. The summed E-state index contributed by atoms with van der Waals surface area (Å²) in [6, 6.07) is 51.9. The number of hydrogen-bond donors (Lipinski definition) is 0. The highest BCUT2D eigenvalue weighted by Gasteiger charge is 2.29.